The molecule has 116 valence electrons. The third-order valence-corrected chi connectivity index (χ3v) is 3.94. The maximum atomic E-state index is 5.87. The fourth-order valence-electron chi connectivity index (χ4n) is 2.75. The van der Waals surface area contributed by atoms with Gasteiger partial charge in [-0.3, -0.25) is 0 Å². The highest BCUT2D eigenvalue weighted by molar-refractivity contribution is 5.62. The molecule has 0 bridgehead atoms. The third-order valence-electron chi connectivity index (χ3n) is 3.94. The van der Waals surface area contributed by atoms with Crippen molar-refractivity contribution in [2.75, 3.05) is 36.1 Å². The van der Waals surface area contributed by atoms with E-state index >= 15 is 0 Å². The molecule has 3 rings (SSSR count). The summed E-state index contributed by atoms with van der Waals surface area (Å²) in [6, 6.07) is 10.6. The Morgan fingerprint density at radius 1 is 1.27 bits per heavy atom. The number of benzene rings is 1. The van der Waals surface area contributed by atoms with Crippen LogP contribution in [0.2, 0.25) is 0 Å². The maximum Gasteiger partial charge on any atom is 0.223 e. The quantitative estimate of drug-likeness (QED) is 0.800. The summed E-state index contributed by atoms with van der Waals surface area (Å²) in [7, 11) is 1.99. The first-order valence-corrected chi connectivity index (χ1v) is 7.54. The lowest BCUT2D eigenvalue weighted by molar-refractivity contribution is 0.616. The van der Waals surface area contributed by atoms with Gasteiger partial charge in [0, 0.05) is 30.9 Å². The Labute approximate surface area is 130 Å². The standard InChI is InChI=1S/C16H22N6/c1-11-4-3-5-12(8-11)19-14-9-15(21-16(17)20-14)22-7-6-13(10-22)18-2/h3-5,8-9,13,18H,6-7,10H2,1-2H3,(H3,17,19,20,21)/t13-/m1/s1. The molecule has 2 aromatic rings. The van der Waals surface area contributed by atoms with E-state index in [9.17, 15) is 0 Å². The molecule has 1 aliphatic rings. The number of anilines is 4. The van der Waals surface area contributed by atoms with E-state index < -0.39 is 0 Å². The van der Waals surface area contributed by atoms with Crippen LogP contribution in [0.15, 0.2) is 30.3 Å². The molecule has 1 atom stereocenters. The number of aryl methyl sites for hydroxylation is 1. The normalized spacial score (nSPS) is 17.7. The first-order valence-electron chi connectivity index (χ1n) is 7.54. The van der Waals surface area contributed by atoms with Crippen molar-refractivity contribution in [2.45, 2.75) is 19.4 Å². The molecule has 0 amide bonds. The fraction of sp³-hybridized carbons (Fsp3) is 0.375. The first kappa shape index (κ1) is 14.6. The van der Waals surface area contributed by atoms with Gasteiger partial charge in [0.2, 0.25) is 5.95 Å². The molecule has 6 nitrogen and oxygen atoms in total. The predicted molar refractivity (Wildman–Crippen MR) is 90.6 cm³/mol. The number of likely N-dealkylation sites (N-methyl/N-ethyl adjacent to an activating group) is 1. The van der Waals surface area contributed by atoms with Gasteiger partial charge < -0.3 is 21.3 Å². The summed E-state index contributed by atoms with van der Waals surface area (Å²) in [6.07, 6.45) is 1.11. The van der Waals surface area contributed by atoms with E-state index in [2.05, 4.69) is 44.6 Å². The zero-order valence-corrected chi connectivity index (χ0v) is 13.0. The van der Waals surface area contributed by atoms with Crippen LogP contribution in [0.25, 0.3) is 0 Å². The summed E-state index contributed by atoms with van der Waals surface area (Å²) >= 11 is 0. The van der Waals surface area contributed by atoms with E-state index in [0.29, 0.717) is 12.0 Å². The molecule has 1 fully saturated rings. The molecule has 1 aromatic heterocycles. The Morgan fingerprint density at radius 3 is 2.86 bits per heavy atom. The molecular formula is C16H22N6. The average Bonchev–Trinajstić information content (AvgIpc) is 2.95. The van der Waals surface area contributed by atoms with Crippen LogP contribution in [-0.2, 0) is 0 Å². The Bertz CT molecular complexity index is 657. The highest BCUT2D eigenvalue weighted by Gasteiger charge is 2.22. The minimum Gasteiger partial charge on any atom is -0.368 e. The summed E-state index contributed by atoms with van der Waals surface area (Å²) in [5.74, 6) is 1.89. The Balaban J connectivity index is 1.81. The van der Waals surface area contributed by atoms with Gasteiger partial charge in [-0.05, 0) is 38.1 Å². The molecule has 4 N–H and O–H groups in total. The van der Waals surface area contributed by atoms with Crippen LogP contribution in [0.1, 0.15) is 12.0 Å². The first-order chi connectivity index (χ1) is 10.6. The second kappa shape index (κ2) is 6.19. The van der Waals surface area contributed by atoms with Gasteiger partial charge in [-0.25, -0.2) is 0 Å². The van der Waals surface area contributed by atoms with Crippen LogP contribution >= 0.6 is 0 Å². The van der Waals surface area contributed by atoms with Crippen molar-refractivity contribution in [3.63, 3.8) is 0 Å². The fourth-order valence-corrected chi connectivity index (χ4v) is 2.75. The lowest BCUT2D eigenvalue weighted by Crippen LogP contribution is -2.30. The van der Waals surface area contributed by atoms with Gasteiger partial charge in [0.25, 0.3) is 0 Å². The van der Waals surface area contributed by atoms with Crippen LogP contribution < -0.4 is 21.3 Å². The van der Waals surface area contributed by atoms with Gasteiger partial charge in [0.1, 0.15) is 11.6 Å². The van der Waals surface area contributed by atoms with Crippen molar-refractivity contribution in [1.29, 1.82) is 0 Å². The zero-order chi connectivity index (χ0) is 15.5. The number of rotatable bonds is 4. The van der Waals surface area contributed by atoms with Gasteiger partial charge in [0.05, 0.1) is 0 Å². The van der Waals surface area contributed by atoms with Gasteiger partial charge in [-0.2, -0.15) is 9.97 Å². The summed E-state index contributed by atoms with van der Waals surface area (Å²) in [4.78, 5) is 10.9. The predicted octanol–water partition coefficient (Wildman–Crippen LogP) is 1.91. The Morgan fingerprint density at radius 2 is 2.14 bits per heavy atom. The molecule has 0 unspecified atom stereocenters. The minimum atomic E-state index is 0.292. The second-order valence-corrected chi connectivity index (χ2v) is 5.68. The molecule has 0 aliphatic carbocycles. The number of nitrogens with zero attached hydrogens (tertiary/aromatic N) is 3. The summed E-state index contributed by atoms with van der Waals surface area (Å²) < 4.78 is 0. The van der Waals surface area contributed by atoms with Gasteiger partial charge in [-0.15, -0.1) is 0 Å². The van der Waals surface area contributed by atoms with Gasteiger partial charge in [-0.1, -0.05) is 12.1 Å². The van der Waals surface area contributed by atoms with Crippen LogP contribution in [0, 0.1) is 6.92 Å². The van der Waals surface area contributed by atoms with E-state index in [0.717, 1.165) is 36.8 Å². The van der Waals surface area contributed by atoms with E-state index in [1.165, 1.54) is 5.56 Å². The molecule has 0 spiro atoms. The number of nitrogen functional groups attached to an aromatic ring is 1. The number of hydrogen-bond donors (Lipinski definition) is 3. The number of nitrogens with two attached hydrogens (primary N) is 1. The van der Waals surface area contributed by atoms with Crippen LogP contribution in [0.4, 0.5) is 23.3 Å². The van der Waals surface area contributed by atoms with Gasteiger partial charge >= 0.3 is 0 Å². The molecule has 1 saturated heterocycles. The van der Waals surface area contributed by atoms with Crippen LogP contribution in [0.5, 0.6) is 0 Å². The zero-order valence-electron chi connectivity index (χ0n) is 13.0. The smallest absolute Gasteiger partial charge is 0.223 e. The molecule has 0 radical (unpaired) electrons. The van der Waals surface area contributed by atoms with Crippen molar-refractivity contribution in [1.82, 2.24) is 15.3 Å². The molecule has 0 saturated carbocycles. The van der Waals surface area contributed by atoms with E-state index in [4.69, 9.17) is 5.73 Å². The van der Waals surface area contributed by atoms with E-state index in [1.807, 2.05) is 25.2 Å². The van der Waals surface area contributed by atoms with Crippen molar-refractivity contribution in [3.05, 3.63) is 35.9 Å². The molecular weight excluding hydrogens is 276 g/mol. The lowest BCUT2D eigenvalue weighted by Gasteiger charge is -2.18. The van der Waals surface area contributed by atoms with Crippen molar-refractivity contribution in [2.24, 2.45) is 0 Å². The average molecular weight is 298 g/mol. The summed E-state index contributed by atoms with van der Waals surface area (Å²) in [5.41, 5.74) is 8.07. The second-order valence-electron chi connectivity index (χ2n) is 5.68. The van der Waals surface area contributed by atoms with Crippen molar-refractivity contribution < 1.29 is 0 Å². The van der Waals surface area contributed by atoms with E-state index in [1.54, 1.807) is 0 Å². The Hall–Kier alpha value is -2.34. The van der Waals surface area contributed by atoms with Crippen molar-refractivity contribution in [3.8, 4) is 0 Å². The monoisotopic (exact) mass is 298 g/mol. The van der Waals surface area contributed by atoms with E-state index in [-0.39, 0.29) is 0 Å². The van der Waals surface area contributed by atoms with Crippen LogP contribution in [-0.4, -0.2) is 36.1 Å². The maximum absolute atomic E-state index is 5.87. The van der Waals surface area contributed by atoms with Gasteiger partial charge in [0.15, 0.2) is 0 Å². The SMILES string of the molecule is CN[C@@H]1CCN(c2cc(Nc3cccc(C)c3)nc(N)n2)C1. The number of hydrogen-bond acceptors (Lipinski definition) is 6. The summed E-state index contributed by atoms with van der Waals surface area (Å²) in [6.45, 7) is 3.98. The number of aromatic nitrogens is 2. The minimum absolute atomic E-state index is 0.292. The largest absolute Gasteiger partial charge is 0.368 e. The molecule has 6 heteroatoms. The summed E-state index contributed by atoms with van der Waals surface area (Å²) in [5, 5.41) is 6.61. The number of nitrogens with one attached hydrogen (secondary N) is 2. The molecule has 1 aliphatic heterocycles. The highest BCUT2D eigenvalue weighted by atomic mass is 15.3. The molecule has 22 heavy (non-hydrogen) atoms. The Kier molecular flexibility index (Phi) is 4.11. The topological polar surface area (TPSA) is 79.1 Å². The highest BCUT2D eigenvalue weighted by Crippen LogP contribution is 2.24. The van der Waals surface area contributed by atoms with Crippen molar-refractivity contribution >= 4 is 23.3 Å². The lowest BCUT2D eigenvalue weighted by atomic mass is 10.2. The van der Waals surface area contributed by atoms with Crippen LogP contribution in [0.3, 0.4) is 0 Å². The molecule has 2 heterocycles. The third kappa shape index (κ3) is 3.28. The molecule has 1 aromatic carbocycles.